The Labute approximate surface area is 138 Å². The van der Waals surface area contributed by atoms with E-state index < -0.39 is 0 Å². The summed E-state index contributed by atoms with van der Waals surface area (Å²) in [7, 11) is 0. The van der Waals surface area contributed by atoms with E-state index in [4.69, 9.17) is 0 Å². The van der Waals surface area contributed by atoms with Gasteiger partial charge in [0.05, 0.1) is 6.67 Å². The third kappa shape index (κ3) is 3.10. The molecule has 2 aromatic rings. The van der Waals surface area contributed by atoms with Crippen molar-refractivity contribution >= 4 is 5.69 Å². The molecule has 1 N–H and O–H groups in total. The van der Waals surface area contributed by atoms with Crippen LogP contribution in [0.2, 0.25) is 0 Å². The molecule has 2 aromatic carbocycles. The molecule has 2 heterocycles. The molecule has 2 aliphatic rings. The van der Waals surface area contributed by atoms with Gasteiger partial charge >= 0.3 is 0 Å². The molecule has 4 rings (SSSR count). The molecule has 0 unspecified atom stereocenters. The second kappa shape index (κ2) is 6.47. The van der Waals surface area contributed by atoms with Gasteiger partial charge in [0, 0.05) is 24.1 Å². The van der Waals surface area contributed by atoms with Crippen LogP contribution in [-0.2, 0) is 0 Å². The van der Waals surface area contributed by atoms with Crippen LogP contribution in [0.4, 0.5) is 5.69 Å². The van der Waals surface area contributed by atoms with Gasteiger partial charge in [-0.3, -0.25) is 0 Å². The van der Waals surface area contributed by atoms with Crippen molar-refractivity contribution in [3.05, 3.63) is 67.0 Å². The molecule has 1 fully saturated rings. The molecule has 0 aliphatic carbocycles. The number of hydrogen-bond donors (Lipinski definition) is 1. The number of nitrogens with zero attached hydrogens (tertiary/aromatic N) is 2. The lowest BCUT2D eigenvalue weighted by Crippen LogP contribution is -2.41. The second-order valence-corrected chi connectivity index (χ2v) is 6.32. The van der Waals surface area contributed by atoms with Gasteiger partial charge in [-0.1, -0.05) is 42.5 Å². The second-order valence-electron chi connectivity index (χ2n) is 6.32. The molecule has 0 bridgehead atoms. The van der Waals surface area contributed by atoms with Crippen LogP contribution >= 0.6 is 0 Å². The first-order valence-electron chi connectivity index (χ1n) is 8.47. The molecule has 23 heavy (non-hydrogen) atoms. The molecule has 0 amide bonds. The summed E-state index contributed by atoms with van der Waals surface area (Å²) in [5.41, 5.74) is 3.80. The van der Waals surface area contributed by atoms with Crippen LogP contribution in [0.25, 0.3) is 11.1 Å². The highest BCUT2D eigenvalue weighted by Crippen LogP contribution is 2.26. The summed E-state index contributed by atoms with van der Waals surface area (Å²) < 4.78 is 0. The molecule has 0 radical (unpaired) electrons. The largest absolute Gasteiger partial charge is 0.355 e. The number of rotatable bonds is 3. The van der Waals surface area contributed by atoms with E-state index in [1.165, 1.54) is 29.7 Å². The number of hydrogen-bond acceptors (Lipinski definition) is 3. The predicted molar refractivity (Wildman–Crippen MR) is 96.1 cm³/mol. The molecular weight excluding hydrogens is 282 g/mol. The Bertz CT molecular complexity index is 657. The van der Waals surface area contributed by atoms with Crippen molar-refractivity contribution in [2.24, 2.45) is 0 Å². The summed E-state index contributed by atoms with van der Waals surface area (Å²) in [6, 6.07) is 20.1. The van der Waals surface area contributed by atoms with Crippen LogP contribution in [0.15, 0.2) is 67.0 Å². The van der Waals surface area contributed by atoms with Gasteiger partial charge in [-0.2, -0.15) is 0 Å². The van der Waals surface area contributed by atoms with Crippen molar-refractivity contribution in [2.45, 2.75) is 18.9 Å². The number of benzene rings is 2. The predicted octanol–water partition coefficient (Wildman–Crippen LogP) is 3.66. The molecule has 1 saturated heterocycles. The SMILES string of the molecule is C1=CN(C2CCNCC2)CN1c1ccc(-c2ccccc2)cc1. The molecule has 3 heteroatoms. The maximum atomic E-state index is 3.44. The Hall–Kier alpha value is -2.26. The Morgan fingerprint density at radius 1 is 0.783 bits per heavy atom. The molecule has 0 aromatic heterocycles. The van der Waals surface area contributed by atoms with E-state index in [-0.39, 0.29) is 0 Å². The van der Waals surface area contributed by atoms with Gasteiger partial charge in [-0.15, -0.1) is 0 Å². The smallest absolute Gasteiger partial charge is 0.0944 e. The Kier molecular flexibility index (Phi) is 4.03. The number of anilines is 1. The summed E-state index contributed by atoms with van der Waals surface area (Å²) in [6.45, 7) is 3.25. The molecule has 0 atom stereocenters. The van der Waals surface area contributed by atoms with Crippen molar-refractivity contribution in [3.63, 3.8) is 0 Å². The minimum absolute atomic E-state index is 0.682. The highest BCUT2D eigenvalue weighted by atomic mass is 15.4. The van der Waals surface area contributed by atoms with Crippen molar-refractivity contribution in [3.8, 4) is 11.1 Å². The van der Waals surface area contributed by atoms with E-state index in [9.17, 15) is 0 Å². The van der Waals surface area contributed by atoms with E-state index in [2.05, 4.69) is 82.1 Å². The zero-order valence-corrected chi connectivity index (χ0v) is 13.4. The summed E-state index contributed by atoms with van der Waals surface area (Å²) in [5, 5.41) is 3.44. The first kappa shape index (κ1) is 14.3. The fourth-order valence-corrected chi connectivity index (χ4v) is 3.46. The molecule has 2 aliphatic heterocycles. The van der Waals surface area contributed by atoms with Crippen molar-refractivity contribution in [1.29, 1.82) is 0 Å². The third-order valence-corrected chi connectivity index (χ3v) is 4.84. The van der Waals surface area contributed by atoms with Crippen molar-refractivity contribution in [2.75, 3.05) is 24.7 Å². The lowest BCUT2D eigenvalue weighted by Gasteiger charge is -2.32. The van der Waals surface area contributed by atoms with E-state index in [0.717, 1.165) is 19.8 Å². The van der Waals surface area contributed by atoms with Gasteiger partial charge in [0.15, 0.2) is 0 Å². The lowest BCUT2D eigenvalue weighted by atomic mass is 10.1. The van der Waals surface area contributed by atoms with Crippen LogP contribution in [0.1, 0.15) is 12.8 Å². The molecule has 0 spiro atoms. The first-order chi connectivity index (χ1) is 11.4. The van der Waals surface area contributed by atoms with Crippen LogP contribution in [0.3, 0.4) is 0 Å². The Morgan fingerprint density at radius 3 is 2.22 bits per heavy atom. The minimum atomic E-state index is 0.682. The van der Waals surface area contributed by atoms with E-state index in [1.807, 2.05) is 0 Å². The Balaban J connectivity index is 1.44. The van der Waals surface area contributed by atoms with E-state index in [0.29, 0.717) is 6.04 Å². The van der Waals surface area contributed by atoms with Crippen LogP contribution < -0.4 is 10.2 Å². The van der Waals surface area contributed by atoms with Gasteiger partial charge in [0.1, 0.15) is 0 Å². The quantitative estimate of drug-likeness (QED) is 0.933. The summed E-state index contributed by atoms with van der Waals surface area (Å²) >= 11 is 0. The van der Waals surface area contributed by atoms with Gasteiger partial charge in [0.2, 0.25) is 0 Å². The third-order valence-electron chi connectivity index (χ3n) is 4.84. The zero-order valence-electron chi connectivity index (χ0n) is 13.4. The molecule has 0 saturated carbocycles. The summed E-state index contributed by atoms with van der Waals surface area (Å²) in [4.78, 5) is 4.81. The van der Waals surface area contributed by atoms with Crippen molar-refractivity contribution < 1.29 is 0 Å². The summed E-state index contributed by atoms with van der Waals surface area (Å²) in [5.74, 6) is 0. The standard InChI is InChI=1S/C20H23N3/c1-2-4-17(5-3-1)18-6-8-19(9-7-18)22-14-15-23(16-22)20-10-12-21-13-11-20/h1-9,14-15,20-21H,10-13,16H2. The average molecular weight is 305 g/mol. The highest BCUT2D eigenvalue weighted by molar-refractivity contribution is 5.66. The van der Waals surface area contributed by atoms with Gasteiger partial charge < -0.3 is 15.1 Å². The average Bonchev–Trinajstić information content (AvgIpc) is 3.14. The van der Waals surface area contributed by atoms with Gasteiger partial charge in [-0.05, 0) is 49.2 Å². The molecule has 118 valence electrons. The number of nitrogens with one attached hydrogen (secondary N) is 1. The lowest BCUT2D eigenvalue weighted by molar-refractivity contribution is 0.241. The Morgan fingerprint density at radius 2 is 1.48 bits per heavy atom. The van der Waals surface area contributed by atoms with Gasteiger partial charge in [0.25, 0.3) is 0 Å². The number of piperidine rings is 1. The fourth-order valence-electron chi connectivity index (χ4n) is 3.46. The first-order valence-corrected chi connectivity index (χ1v) is 8.47. The molecular formula is C20H23N3. The monoisotopic (exact) mass is 305 g/mol. The van der Waals surface area contributed by atoms with Crippen LogP contribution in [0, 0.1) is 0 Å². The normalized spacial score (nSPS) is 18.6. The maximum absolute atomic E-state index is 3.44. The van der Waals surface area contributed by atoms with Gasteiger partial charge in [-0.25, -0.2) is 0 Å². The van der Waals surface area contributed by atoms with E-state index in [1.54, 1.807) is 0 Å². The van der Waals surface area contributed by atoms with Crippen LogP contribution in [0.5, 0.6) is 0 Å². The minimum Gasteiger partial charge on any atom is -0.355 e. The topological polar surface area (TPSA) is 18.5 Å². The van der Waals surface area contributed by atoms with Crippen molar-refractivity contribution in [1.82, 2.24) is 10.2 Å². The zero-order chi connectivity index (χ0) is 15.5. The maximum Gasteiger partial charge on any atom is 0.0944 e. The highest BCUT2D eigenvalue weighted by Gasteiger charge is 2.23. The van der Waals surface area contributed by atoms with Crippen LogP contribution in [-0.4, -0.2) is 30.7 Å². The molecule has 3 nitrogen and oxygen atoms in total. The summed E-state index contributed by atoms with van der Waals surface area (Å²) in [6.07, 6.45) is 6.94. The fraction of sp³-hybridized carbons (Fsp3) is 0.300. The van der Waals surface area contributed by atoms with E-state index >= 15 is 0 Å².